The molecule has 1 aliphatic rings. The van der Waals surface area contributed by atoms with E-state index in [1.165, 1.54) is 5.56 Å². The highest BCUT2D eigenvalue weighted by Gasteiger charge is 2.20. The van der Waals surface area contributed by atoms with Crippen LogP contribution in [0.2, 0.25) is 0 Å². The fraction of sp³-hybridized carbons (Fsp3) is 0.278. The van der Waals surface area contributed by atoms with Crippen LogP contribution >= 0.6 is 0 Å². The molecule has 4 heterocycles. The van der Waals surface area contributed by atoms with Gasteiger partial charge in [-0.1, -0.05) is 0 Å². The minimum Gasteiger partial charge on any atom is -0.353 e. The van der Waals surface area contributed by atoms with Gasteiger partial charge in [-0.15, -0.1) is 0 Å². The zero-order valence-corrected chi connectivity index (χ0v) is 14.1. The van der Waals surface area contributed by atoms with E-state index in [-0.39, 0.29) is 0 Å². The number of nitrogens with one attached hydrogen (secondary N) is 1. The third kappa shape index (κ3) is 3.32. The van der Waals surface area contributed by atoms with Crippen LogP contribution in [0.5, 0.6) is 0 Å². The maximum absolute atomic E-state index is 4.86. The van der Waals surface area contributed by atoms with Crippen LogP contribution in [0.1, 0.15) is 17.0 Å². The number of rotatable bonds is 4. The first kappa shape index (κ1) is 15.6. The quantitative estimate of drug-likeness (QED) is 0.777. The first-order valence-corrected chi connectivity index (χ1v) is 8.28. The van der Waals surface area contributed by atoms with Crippen molar-refractivity contribution in [3.8, 4) is 11.4 Å². The molecule has 0 saturated carbocycles. The first-order valence-electron chi connectivity index (χ1n) is 8.28. The zero-order valence-electron chi connectivity index (χ0n) is 14.1. The number of nitrogens with zero attached hydrogens (tertiary/aromatic N) is 6. The van der Waals surface area contributed by atoms with Crippen LogP contribution < -0.4 is 10.2 Å². The summed E-state index contributed by atoms with van der Waals surface area (Å²) in [6.45, 7) is 2.36. The molecule has 3 aromatic rings. The minimum absolute atomic E-state index is 0.653. The van der Waals surface area contributed by atoms with Crippen molar-refractivity contribution in [2.75, 3.05) is 18.5 Å². The van der Waals surface area contributed by atoms with E-state index in [9.17, 15) is 0 Å². The molecule has 3 aromatic heterocycles. The smallest absolute Gasteiger partial charge is 0.161 e. The van der Waals surface area contributed by atoms with Gasteiger partial charge in [-0.05, 0) is 25.1 Å². The maximum Gasteiger partial charge on any atom is 0.161 e. The average Bonchev–Trinajstić information content (AvgIpc) is 2.68. The Hall–Kier alpha value is -2.93. The van der Waals surface area contributed by atoms with Gasteiger partial charge in [0.05, 0.1) is 24.1 Å². The summed E-state index contributed by atoms with van der Waals surface area (Å²) in [5.74, 6) is 1.69. The molecule has 25 heavy (non-hydrogen) atoms. The molecule has 0 atom stereocenters. The van der Waals surface area contributed by atoms with Gasteiger partial charge >= 0.3 is 0 Å². The Morgan fingerprint density at radius 1 is 1.08 bits per heavy atom. The van der Waals surface area contributed by atoms with Crippen molar-refractivity contribution in [3.63, 3.8) is 0 Å². The summed E-state index contributed by atoms with van der Waals surface area (Å²) >= 11 is 0. The van der Waals surface area contributed by atoms with Gasteiger partial charge in [0, 0.05) is 49.5 Å². The summed E-state index contributed by atoms with van der Waals surface area (Å²) in [4.78, 5) is 24.4. The highest BCUT2D eigenvalue weighted by molar-refractivity contribution is 5.60. The Balaban J connectivity index is 1.74. The SMILES string of the molecule is CN(Cc1cnccn1)c1nc(-c2ccncc2)nc2c1CCNC2. The Morgan fingerprint density at radius 2 is 1.96 bits per heavy atom. The highest BCUT2D eigenvalue weighted by atomic mass is 15.2. The van der Waals surface area contributed by atoms with E-state index in [1.54, 1.807) is 31.0 Å². The van der Waals surface area contributed by atoms with E-state index in [0.717, 1.165) is 48.1 Å². The van der Waals surface area contributed by atoms with E-state index in [0.29, 0.717) is 6.54 Å². The summed E-state index contributed by atoms with van der Waals surface area (Å²) in [7, 11) is 2.04. The lowest BCUT2D eigenvalue weighted by Crippen LogP contribution is -2.29. The van der Waals surface area contributed by atoms with E-state index in [4.69, 9.17) is 9.97 Å². The van der Waals surface area contributed by atoms with Crippen molar-refractivity contribution in [2.24, 2.45) is 0 Å². The van der Waals surface area contributed by atoms with E-state index in [2.05, 4.69) is 25.2 Å². The zero-order chi connectivity index (χ0) is 17.1. The van der Waals surface area contributed by atoms with Gasteiger partial charge in [0.2, 0.25) is 0 Å². The summed E-state index contributed by atoms with van der Waals surface area (Å²) in [5.41, 5.74) is 4.16. The minimum atomic E-state index is 0.653. The summed E-state index contributed by atoms with van der Waals surface area (Å²) in [5, 5.41) is 3.39. The Morgan fingerprint density at radius 3 is 2.76 bits per heavy atom. The summed E-state index contributed by atoms with van der Waals surface area (Å²) < 4.78 is 0. The number of hydrogen-bond acceptors (Lipinski definition) is 7. The monoisotopic (exact) mass is 333 g/mol. The molecular formula is C18H19N7. The lowest BCUT2D eigenvalue weighted by Gasteiger charge is -2.26. The maximum atomic E-state index is 4.86. The second kappa shape index (κ2) is 6.90. The molecule has 4 rings (SSSR count). The molecule has 0 spiro atoms. The normalized spacial score (nSPS) is 13.3. The van der Waals surface area contributed by atoms with Crippen molar-refractivity contribution in [3.05, 3.63) is 60.1 Å². The van der Waals surface area contributed by atoms with E-state index >= 15 is 0 Å². The van der Waals surface area contributed by atoms with Crippen molar-refractivity contribution in [1.29, 1.82) is 0 Å². The second-order valence-corrected chi connectivity index (χ2v) is 6.01. The van der Waals surface area contributed by atoms with Crippen LogP contribution in [0.3, 0.4) is 0 Å². The van der Waals surface area contributed by atoms with Gasteiger partial charge in [0.25, 0.3) is 0 Å². The molecule has 1 N–H and O–H groups in total. The molecule has 0 saturated heterocycles. The van der Waals surface area contributed by atoms with Crippen LogP contribution in [0.4, 0.5) is 5.82 Å². The molecule has 1 aliphatic heterocycles. The predicted octanol–water partition coefficient (Wildman–Crippen LogP) is 1.61. The Kier molecular flexibility index (Phi) is 4.30. The van der Waals surface area contributed by atoms with Gasteiger partial charge < -0.3 is 10.2 Å². The number of hydrogen-bond donors (Lipinski definition) is 1. The van der Waals surface area contributed by atoms with Crippen molar-refractivity contribution in [1.82, 2.24) is 30.2 Å². The standard InChI is InChI=1S/C18H19N7/c1-25(12-14-10-21-8-9-22-14)18-15-4-7-20-11-16(15)23-17(24-18)13-2-5-19-6-3-13/h2-3,5-6,8-10,20H,4,7,11-12H2,1H3. The number of anilines is 1. The van der Waals surface area contributed by atoms with Crippen molar-refractivity contribution < 1.29 is 0 Å². The highest BCUT2D eigenvalue weighted by Crippen LogP contribution is 2.27. The van der Waals surface area contributed by atoms with Gasteiger partial charge in [0.1, 0.15) is 5.82 Å². The van der Waals surface area contributed by atoms with Crippen LogP contribution in [-0.4, -0.2) is 38.5 Å². The molecule has 0 bridgehead atoms. The molecule has 7 heteroatoms. The number of fused-ring (bicyclic) bond motifs is 1. The topological polar surface area (TPSA) is 79.7 Å². The Bertz CT molecular complexity index is 852. The molecule has 0 amide bonds. The summed E-state index contributed by atoms with van der Waals surface area (Å²) in [6.07, 6.45) is 9.63. The fourth-order valence-electron chi connectivity index (χ4n) is 3.01. The largest absolute Gasteiger partial charge is 0.353 e. The van der Waals surface area contributed by atoms with Crippen LogP contribution in [0.15, 0.2) is 43.1 Å². The third-order valence-electron chi connectivity index (χ3n) is 4.23. The van der Waals surface area contributed by atoms with E-state index < -0.39 is 0 Å². The van der Waals surface area contributed by atoms with Crippen molar-refractivity contribution >= 4 is 5.82 Å². The van der Waals surface area contributed by atoms with Crippen LogP contribution in [0.25, 0.3) is 11.4 Å². The Labute approximate surface area is 146 Å². The molecule has 7 nitrogen and oxygen atoms in total. The molecule has 0 fully saturated rings. The van der Waals surface area contributed by atoms with Gasteiger partial charge in [-0.25, -0.2) is 9.97 Å². The lowest BCUT2D eigenvalue weighted by atomic mass is 10.1. The number of pyridine rings is 1. The third-order valence-corrected chi connectivity index (χ3v) is 4.23. The van der Waals surface area contributed by atoms with Crippen LogP contribution in [-0.2, 0) is 19.5 Å². The van der Waals surface area contributed by atoms with Crippen LogP contribution in [0, 0.1) is 0 Å². The molecule has 0 radical (unpaired) electrons. The predicted molar refractivity (Wildman–Crippen MR) is 94.8 cm³/mol. The average molecular weight is 333 g/mol. The fourth-order valence-corrected chi connectivity index (χ4v) is 3.01. The van der Waals surface area contributed by atoms with Gasteiger partial charge in [0.15, 0.2) is 5.82 Å². The van der Waals surface area contributed by atoms with E-state index in [1.807, 2.05) is 19.2 Å². The molecule has 0 aliphatic carbocycles. The van der Waals surface area contributed by atoms with Crippen molar-refractivity contribution in [2.45, 2.75) is 19.5 Å². The molecule has 0 unspecified atom stereocenters. The first-order chi connectivity index (χ1) is 12.3. The molecule has 0 aromatic carbocycles. The summed E-state index contributed by atoms with van der Waals surface area (Å²) in [6, 6.07) is 3.87. The number of aromatic nitrogens is 5. The molecular weight excluding hydrogens is 314 g/mol. The van der Waals surface area contributed by atoms with Gasteiger partial charge in [-0.3, -0.25) is 15.0 Å². The second-order valence-electron chi connectivity index (χ2n) is 6.01. The molecule has 126 valence electrons. The lowest BCUT2D eigenvalue weighted by molar-refractivity contribution is 0.621. The van der Waals surface area contributed by atoms with Gasteiger partial charge in [-0.2, -0.15) is 0 Å².